The fraction of sp³-hybridized carbons (Fsp3) is 0.341. The number of allylic oxidation sites excluding steroid dienone is 2. The van der Waals surface area contributed by atoms with E-state index in [-0.39, 0.29) is 7.35 Å². The molecule has 246 valence electrons. The topological polar surface area (TPSA) is 0 Å². The van der Waals surface area contributed by atoms with Crippen LogP contribution >= 0.6 is 0 Å². The van der Waals surface area contributed by atoms with Crippen molar-refractivity contribution < 1.29 is 15.1 Å². The third kappa shape index (κ3) is 5.63. The first-order valence-corrected chi connectivity index (χ1v) is 45.0. The Labute approximate surface area is 282 Å². The van der Waals surface area contributed by atoms with Gasteiger partial charge in [0.2, 0.25) is 0 Å². The van der Waals surface area contributed by atoms with Crippen LogP contribution in [0, 0.1) is 5.92 Å². The van der Waals surface area contributed by atoms with Crippen molar-refractivity contribution in [1.29, 1.82) is 0 Å². The standard InChI is InChI=1S/2C18H19Si.C4H9.3CH3.CH2.Hf/c2*1-19(2,3)16-12-10-15(11-13-16)18-9-5-7-14-6-4-8-17(14)18;1-4(2)3;;;;;/h2*4-13H,1-3H3;4H,1H2,2-3H3;3*1H3;1H2;. The second kappa shape index (κ2) is 10.0. The Hall–Kier alpha value is -2.47. The van der Waals surface area contributed by atoms with Crippen LogP contribution in [0.5, 0.6) is 0 Å². The van der Waals surface area contributed by atoms with Crippen molar-refractivity contribution in [3.8, 4) is 22.3 Å². The summed E-state index contributed by atoms with van der Waals surface area (Å²) in [5.41, 5.74) is 11.1. The summed E-state index contributed by atoms with van der Waals surface area (Å²) in [4.78, 5) is 0. The van der Waals surface area contributed by atoms with E-state index in [1.807, 2.05) is 0 Å². The van der Waals surface area contributed by atoms with Gasteiger partial charge in [-0.2, -0.15) is 0 Å². The van der Waals surface area contributed by atoms with E-state index in [1.165, 1.54) is 54.9 Å². The van der Waals surface area contributed by atoms with E-state index in [1.54, 1.807) is 0 Å². The summed E-state index contributed by atoms with van der Waals surface area (Å²) < 4.78 is 15.6. The Morgan fingerprint density at radius 1 is 0.574 bits per heavy atom. The molecule has 0 N–H and O–H groups in total. The average molecular weight is 822 g/mol. The molecule has 0 amide bonds. The van der Waals surface area contributed by atoms with Crippen LogP contribution in [0.25, 0.3) is 34.4 Å². The summed E-state index contributed by atoms with van der Waals surface area (Å²) in [5, 5.41) is 3.02. The van der Waals surface area contributed by atoms with E-state index in [0.29, 0.717) is 5.92 Å². The van der Waals surface area contributed by atoms with Gasteiger partial charge in [-0.1, -0.05) is 0 Å². The Morgan fingerprint density at radius 2 is 0.936 bits per heavy atom. The van der Waals surface area contributed by atoms with Crippen LogP contribution in [0.4, 0.5) is 0 Å². The monoisotopic (exact) mass is 822 g/mol. The molecule has 2 atom stereocenters. The first-order valence-electron chi connectivity index (χ1n) is 18.0. The zero-order valence-corrected chi connectivity index (χ0v) is 36.6. The van der Waals surface area contributed by atoms with Crippen LogP contribution in [0.3, 0.4) is 0 Å². The molecule has 0 bridgehead atoms. The van der Waals surface area contributed by atoms with E-state index in [4.69, 9.17) is 4.26 Å². The average Bonchev–Trinajstić information content (AvgIpc) is 3.62. The van der Waals surface area contributed by atoms with Gasteiger partial charge >= 0.3 is 284 Å². The third-order valence-corrected chi connectivity index (χ3v) is 52.6. The molecule has 4 aromatic rings. The number of hydrogen-bond acceptors (Lipinski definition) is 0. The van der Waals surface area contributed by atoms with Gasteiger partial charge in [-0.05, 0) is 0 Å². The molecule has 0 saturated heterocycles. The van der Waals surface area contributed by atoms with Gasteiger partial charge in [-0.25, -0.2) is 0 Å². The maximum atomic E-state index is 5.75. The van der Waals surface area contributed by atoms with Crippen molar-refractivity contribution in [2.75, 3.05) is 0 Å². The summed E-state index contributed by atoms with van der Waals surface area (Å²) >= 11 is -5.26. The molecule has 2 aliphatic carbocycles. The second-order valence-electron chi connectivity index (χ2n) is 21.1. The Kier molecular flexibility index (Phi) is 7.35. The summed E-state index contributed by atoms with van der Waals surface area (Å²) in [7, 11) is -2.72. The maximum absolute atomic E-state index is 5.75. The molecular weight excluding hydrogens is 763 g/mol. The normalized spacial score (nSPS) is 20.0. The second-order valence-corrected chi connectivity index (χ2v) is 84.5. The zero-order valence-electron chi connectivity index (χ0n) is 31.0. The van der Waals surface area contributed by atoms with Gasteiger partial charge in [0, 0.05) is 0 Å². The molecule has 0 aromatic heterocycles. The molecule has 0 heterocycles. The van der Waals surface area contributed by atoms with Crippen LogP contribution in [0.1, 0.15) is 43.5 Å². The molecule has 0 nitrogen and oxygen atoms in total. The van der Waals surface area contributed by atoms with E-state index in [2.05, 4.69) is 176 Å². The Bertz CT molecular complexity index is 1930. The zero-order chi connectivity index (χ0) is 34.3. The fourth-order valence-corrected chi connectivity index (χ4v) is 50.8. The molecule has 0 saturated carbocycles. The van der Waals surface area contributed by atoms with Crippen LogP contribution < -0.4 is 10.4 Å². The molecule has 2 aliphatic rings. The Morgan fingerprint density at radius 3 is 1.26 bits per heavy atom. The quantitative estimate of drug-likeness (QED) is 0.155. The van der Waals surface area contributed by atoms with Crippen molar-refractivity contribution in [2.45, 2.75) is 78.7 Å². The molecule has 0 radical (unpaired) electrons. The predicted octanol–water partition coefficient (Wildman–Crippen LogP) is 12.4. The van der Waals surface area contributed by atoms with Gasteiger partial charge in [0.05, 0.1) is 0 Å². The molecule has 0 spiro atoms. The third-order valence-electron chi connectivity index (χ3n) is 12.5. The van der Waals surface area contributed by atoms with Crippen molar-refractivity contribution >= 4 is 42.9 Å². The van der Waals surface area contributed by atoms with Crippen LogP contribution in [-0.2, 0) is 15.1 Å². The van der Waals surface area contributed by atoms with E-state index < -0.39 is 31.2 Å². The van der Waals surface area contributed by atoms with Gasteiger partial charge in [0.1, 0.15) is 0 Å². The van der Waals surface area contributed by atoms with Gasteiger partial charge < -0.3 is 0 Å². The summed E-state index contributed by atoms with van der Waals surface area (Å²) in [6, 6.07) is 33.0. The van der Waals surface area contributed by atoms with Crippen molar-refractivity contribution in [2.24, 2.45) is 5.92 Å². The van der Waals surface area contributed by atoms with Crippen molar-refractivity contribution in [1.82, 2.24) is 0 Å². The van der Waals surface area contributed by atoms with E-state index in [9.17, 15) is 0 Å². The van der Waals surface area contributed by atoms with E-state index >= 15 is 0 Å². The van der Waals surface area contributed by atoms with E-state index in [0.717, 1.165) is 4.18 Å². The van der Waals surface area contributed by atoms with Crippen molar-refractivity contribution in [3.05, 3.63) is 119 Å². The molecular formula is C44H58HfSi2. The molecule has 3 heteroatoms. The summed E-state index contributed by atoms with van der Waals surface area (Å²) in [5.74, 6) is 0.530. The molecule has 0 fully saturated rings. The minimum absolute atomic E-state index is 0.290. The molecule has 47 heavy (non-hydrogen) atoms. The summed E-state index contributed by atoms with van der Waals surface area (Å²) in [6.07, 6.45) is 10.1. The van der Waals surface area contributed by atoms with Gasteiger partial charge in [-0.15, -0.1) is 0 Å². The number of benzene rings is 4. The van der Waals surface area contributed by atoms with Crippen LogP contribution in [0.15, 0.2) is 97.1 Å². The van der Waals surface area contributed by atoms with Crippen LogP contribution in [-0.4, -0.2) is 20.4 Å². The fourth-order valence-electron chi connectivity index (χ4n) is 10.4. The Balaban J connectivity index is 1.51. The molecule has 4 aromatic carbocycles. The molecule has 6 rings (SSSR count). The van der Waals surface area contributed by atoms with Gasteiger partial charge in [-0.3, -0.25) is 0 Å². The van der Waals surface area contributed by atoms with Gasteiger partial charge in [0.25, 0.3) is 0 Å². The van der Waals surface area contributed by atoms with Crippen LogP contribution in [0.2, 0.25) is 57.5 Å². The first-order chi connectivity index (χ1) is 21.6. The number of fused-ring (bicyclic) bond motifs is 2. The molecule has 0 aliphatic heterocycles. The summed E-state index contributed by atoms with van der Waals surface area (Å²) in [6.45, 7) is 19.4. The van der Waals surface area contributed by atoms with Gasteiger partial charge in [0.15, 0.2) is 0 Å². The first kappa shape index (κ1) is 34.4. The predicted molar refractivity (Wildman–Crippen MR) is 218 cm³/mol. The SMILES string of the molecule is [CH2]=[Hf]([CH3])([CH3])([CH3])([CH2]C(C)C)([CH]1C=Cc2c(-c3ccc([Si](C)(C)C)cc3)cccc21)[CH]1C=Cc2c(-c3ccc([Si](C)(C)C)cc3)cccc21. The minimum atomic E-state index is -5.26. The molecule has 2 unspecified atom stereocenters. The number of hydrogen-bond donors (Lipinski definition) is 0. The number of rotatable bonds is 8. The van der Waals surface area contributed by atoms with Crippen molar-refractivity contribution in [3.63, 3.8) is 0 Å².